The van der Waals surface area contributed by atoms with Crippen LogP contribution >= 0.6 is 0 Å². The minimum Gasteiger partial charge on any atom is -0.464 e. The van der Waals surface area contributed by atoms with E-state index in [0.29, 0.717) is 19.4 Å². The van der Waals surface area contributed by atoms with Gasteiger partial charge in [-0.05, 0) is 57.7 Å². The molecule has 0 saturated carbocycles. The summed E-state index contributed by atoms with van der Waals surface area (Å²) in [6.07, 6.45) is 2.42. The number of rotatable bonds is 10. The Bertz CT molecular complexity index is 1610. The number of H-pyrrole nitrogens is 1. The summed E-state index contributed by atoms with van der Waals surface area (Å²) in [5.74, 6) is -1.61. The van der Waals surface area contributed by atoms with E-state index in [2.05, 4.69) is 15.6 Å². The molecule has 0 radical (unpaired) electrons. The molecule has 4 atom stereocenters. The highest BCUT2D eigenvalue weighted by atomic mass is 16.6. The lowest BCUT2D eigenvalue weighted by Gasteiger charge is -2.48. The van der Waals surface area contributed by atoms with Crippen molar-refractivity contribution in [2.75, 3.05) is 13.2 Å². The van der Waals surface area contributed by atoms with Gasteiger partial charge in [-0.25, -0.2) is 19.3 Å². The van der Waals surface area contributed by atoms with E-state index >= 15 is 0 Å². The van der Waals surface area contributed by atoms with Gasteiger partial charge in [0.15, 0.2) is 0 Å². The van der Waals surface area contributed by atoms with Crippen molar-refractivity contribution >= 4 is 40.8 Å². The van der Waals surface area contributed by atoms with Gasteiger partial charge in [-0.15, -0.1) is 0 Å². The van der Waals surface area contributed by atoms with E-state index in [1.165, 1.54) is 0 Å². The summed E-state index contributed by atoms with van der Waals surface area (Å²) in [5, 5.41) is 6.70. The van der Waals surface area contributed by atoms with Crippen LogP contribution in [0.2, 0.25) is 0 Å². The molecule has 3 N–H and O–H groups in total. The van der Waals surface area contributed by atoms with Crippen LogP contribution in [0, 0.1) is 0 Å². The topological polar surface area (TPSA) is 150 Å². The van der Waals surface area contributed by atoms with Gasteiger partial charge in [0, 0.05) is 48.9 Å². The maximum Gasteiger partial charge on any atom is 0.408 e. The summed E-state index contributed by atoms with van der Waals surface area (Å²) in [6.45, 7) is 7.38. The zero-order valence-corrected chi connectivity index (χ0v) is 27.3. The molecule has 1 aromatic heterocycles. The van der Waals surface area contributed by atoms with E-state index in [9.17, 15) is 24.0 Å². The van der Waals surface area contributed by atoms with Gasteiger partial charge in [-0.1, -0.05) is 48.5 Å². The zero-order chi connectivity index (χ0) is 33.7. The molecule has 3 heterocycles. The van der Waals surface area contributed by atoms with Crippen LogP contribution in [0.5, 0.6) is 0 Å². The molecule has 0 bridgehead atoms. The Balaban J connectivity index is 1.35. The Morgan fingerprint density at radius 2 is 1.74 bits per heavy atom. The van der Waals surface area contributed by atoms with Gasteiger partial charge in [-0.3, -0.25) is 9.59 Å². The Morgan fingerprint density at radius 3 is 2.47 bits per heavy atom. The quantitative estimate of drug-likeness (QED) is 0.281. The second-order valence-electron chi connectivity index (χ2n) is 13.0. The van der Waals surface area contributed by atoms with Gasteiger partial charge >= 0.3 is 18.1 Å². The Kier molecular flexibility index (Phi) is 10.2. The van der Waals surface area contributed by atoms with Crippen molar-refractivity contribution in [2.24, 2.45) is 0 Å². The Hall–Kier alpha value is -4.87. The molecular weight excluding hydrogens is 602 g/mol. The number of fused-ring (bicyclic) bond motifs is 2. The number of aromatic amines is 1. The largest absolute Gasteiger partial charge is 0.464 e. The highest BCUT2D eigenvalue weighted by molar-refractivity contribution is 6.01. The SMILES string of the molecule is CCOC(=O)[C@@H](Cc1ccccc1)N1C(=O)C[C@@H]2[C@@H](NC(=O)[C@H](Cc3c[nH]c4ccccc34)NC(=O)OC(C)(C)C)CCCN2C1=O. The minimum atomic E-state index is -1.12. The Labute approximate surface area is 274 Å². The van der Waals surface area contributed by atoms with E-state index in [1.54, 1.807) is 32.6 Å². The van der Waals surface area contributed by atoms with Gasteiger partial charge < -0.3 is 30.0 Å². The van der Waals surface area contributed by atoms with Gasteiger partial charge in [0.1, 0.15) is 17.7 Å². The van der Waals surface area contributed by atoms with Crippen LogP contribution < -0.4 is 10.6 Å². The number of amides is 5. The third-order valence-electron chi connectivity index (χ3n) is 8.46. The van der Waals surface area contributed by atoms with E-state index in [4.69, 9.17) is 9.47 Å². The number of hydrogen-bond donors (Lipinski definition) is 3. The van der Waals surface area contributed by atoms with Crippen LogP contribution in [0.25, 0.3) is 10.9 Å². The highest BCUT2D eigenvalue weighted by Gasteiger charge is 2.48. The summed E-state index contributed by atoms with van der Waals surface area (Å²) in [6, 6.07) is 13.0. The van der Waals surface area contributed by atoms with Gasteiger partial charge in [0.2, 0.25) is 11.8 Å². The maximum absolute atomic E-state index is 13.9. The summed E-state index contributed by atoms with van der Waals surface area (Å²) in [7, 11) is 0. The standard InChI is InChI=1S/C35H43N5O7/c1-5-46-32(43)29(18-22-12-7-6-8-13-22)40-30(41)20-28-26(16-11-17-39(28)34(40)45)37-31(42)27(38-33(44)47-35(2,3)4)19-23-21-36-25-15-10-9-14-24(23)25/h6-10,12-15,21,26-29,36H,5,11,16-20H2,1-4H3,(H,37,42)(H,38,44)/t26-,27-,28+,29+/m0/s1. The molecular formula is C35H43N5O7. The van der Waals surface area contributed by atoms with Crippen molar-refractivity contribution in [1.29, 1.82) is 0 Å². The molecule has 0 unspecified atom stereocenters. The normalized spacial score (nSPS) is 19.5. The number of nitrogens with zero attached hydrogens (tertiary/aromatic N) is 2. The number of benzene rings is 2. The third kappa shape index (κ3) is 7.93. The number of carbonyl (C=O) groups excluding carboxylic acids is 5. The summed E-state index contributed by atoms with van der Waals surface area (Å²) in [4.78, 5) is 73.2. The van der Waals surface area contributed by atoms with Crippen molar-refractivity contribution in [3.8, 4) is 0 Å². The van der Waals surface area contributed by atoms with Crippen LogP contribution in [-0.4, -0.2) is 87.6 Å². The smallest absolute Gasteiger partial charge is 0.408 e. The van der Waals surface area contributed by atoms with Crippen molar-refractivity contribution in [2.45, 2.75) is 89.6 Å². The lowest BCUT2D eigenvalue weighted by atomic mass is 9.90. The molecule has 2 saturated heterocycles. The first-order valence-corrected chi connectivity index (χ1v) is 16.1. The molecule has 2 fully saturated rings. The van der Waals surface area contributed by atoms with Gasteiger partial charge in [-0.2, -0.15) is 0 Å². The lowest BCUT2D eigenvalue weighted by molar-refractivity contribution is -0.155. The van der Waals surface area contributed by atoms with Crippen LogP contribution in [0.3, 0.4) is 0 Å². The van der Waals surface area contributed by atoms with Crippen LogP contribution in [0.1, 0.15) is 58.1 Å². The highest BCUT2D eigenvalue weighted by Crippen LogP contribution is 2.30. The van der Waals surface area contributed by atoms with Gasteiger partial charge in [0.25, 0.3) is 0 Å². The fraction of sp³-hybridized carbons (Fsp3) is 0.457. The number of urea groups is 1. The molecule has 250 valence electrons. The summed E-state index contributed by atoms with van der Waals surface area (Å²) >= 11 is 0. The first-order valence-electron chi connectivity index (χ1n) is 16.1. The number of alkyl carbamates (subject to hydrolysis) is 1. The molecule has 47 heavy (non-hydrogen) atoms. The number of nitrogens with one attached hydrogen (secondary N) is 3. The second-order valence-corrected chi connectivity index (χ2v) is 13.0. The summed E-state index contributed by atoms with van der Waals surface area (Å²) in [5.41, 5.74) is 1.76. The number of hydrogen-bond acceptors (Lipinski definition) is 7. The number of carbonyl (C=O) groups is 5. The minimum absolute atomic E-state index is 0.0754. The zero-order valence-electron chi connectivity index (χ0n) is 27.3. The molecule has 2 aliphatic heterocycles. The van der Waals surface area contributed by atoms with Crippen LogP contribution in [-0.2, 0) is 36.7 Å². The van der Waals surface area contributed by atoms with Crippen molar-refractivity contribution < 1.29 is 33.4 Å². The van der Waals surface area contributed by atoms with E-state index in [1.807, 2.05) is 60.8 Å². The average molecular weight is 646 g/mol. The monoisotopic (exact) mass is 645 g/mol. The van der Waals surface area contributed by atoms with E-state index in [0.717, 1.165) is 26.9 Å². The summed E-state index contributed by atoms with van der Waals surface area (Å²) < 4.78 is 10.8. The predicted octanol–water partition coefficient (Wildman–Crippen LogP) is 4.08. The number of piperidine rings is 1. The molecule has 5 rings (SSSR count). The van der Waals surface area contributed by atoms with Crippen molar-refractivity contribution in [3.05, 3.63) is 71.9 Å². The molecule has 3 aromatic rings. The van der Waals surface area contributed by atoms with Crippen molar-refractivity contribution in [3.63, 3.8) is 0 Å². The maximum atomic E-state index is 13.9. The van der Waals surface area contributed by atoms with Gasteiger partial charge in [0.05, 0.1) is 12.6 Å². The fourth-order valence-electron chi connectivity index (χ4n) is 6.36. The molecule has 12 heteroatoms. The number of imide groups is 1. The second kappa shape index (κ2) is 14.3. The average Bonchev–Trinajstić information content (AvgIpc) is 3.43. The van der Waals surface area contributed by atoms with Crippen LogP contribution in [0.15, 0.2) is 60.8 Å². The third-order valence-corrected chi connectivity index (χ3v) is 8.46. The molecule has 0 aliphatic carbocycles. The lowest BCUT2D eigenvalue weighted by Crippen LogP contribution is -2.68. The fourth-order valence-corrected chi connectivity index (χ4v) is 6.36. The molecule has 2 aliphatic rings. The predicted molar refractivity (Wildman–Crippen MR) is 174 cm³/mol. The molecule has 5 amide bonds. The number of aromatic nitrogens is 1. The van der Waals surface area contributed by atoms with E-state index in [-0.39, 0.29) is 25.9 Å². The number of para-hydroxylation sites is 1. The number of ether oxygens (including phenoxy) is 2. The van der Waals surface area contributed by atoms with Crippen LogP contribution in [0.4, 0.5) is 9.59 Å². The first kappa shape index (κ1) is 33.5. The first-order chi connectivity index (χ1) is 22.4. The number of esters is 1. The Morgan fingerprint density at radius 1 is 1.02 bits per heavy atom. The molecule has 0 spiro atoms. The molecule has 2 aromatic carbocycles. The van der Waals surface area contributed by atoms with E-state index < -0.39 is 59.7 Å². The van der Waals surface area contributed by atoms with Crippen molar-refractivity contribution in [1.82, 2.24) is 25.4 Å². The molecule has 12 nitrogen and oxygen atoms in total.